The number of amides is 2. The van der Waals surface area contributed by atoms with Crippen LogP contribution in [-0.2, 0) is 6.54 Å². The number of aromatic nitrogens is 2. The molecule has 3 aromatic rings. The van der Waals surface area contributed by atoms with Crippen molar-refractivity contribution in [3.8, 4) is 0 Å². The van der Waals surface area contributed by atoms with Crippen LogP contribution in [0.4, 0.5) is 17.2 Å². The van der Waals surface area contributed by atoms with Gasteiger partial charge in [-0.2, -0.15) is 0 Å². The third-order valence-electron chi connectivity index (χ3n) is 5.82. The quantitative estimate of drug-likeness (QED) is 0.518. The number of benzene rings is 1. The van der Waals surface area contributed by atoms with Crippen LogP contribution in [0.15, 0.2) is 54.9 Å². The van der Waals surface area contributed by atoms with Crippen molar-refractivity contribution in [2.24, 2.45) is 0 Å². The molecule has 9 heteroatoms. The summed E-state index contributed by atoms with van der Waals surface area (Å²) in [5.74, 6) is 0.0308. The molecule has 2 aliphatic rings. The van der Waals surface area contributed by atoms with E-state index in [1.54, 1.807) is 49.3 Å². The van der Waals surface area contributed by atoms with Crippen molar-refractivity contribution >= 4 is 29.0 Å². The van der Waals surface area contributed by atoms with Crippen molar-refractivity contribution in [1.82, 2.24) is 15.3 Å². The van der Waals surface area contributed by atoms with Crippen LogP contribution in [0, 0.1) is 6.92 Å². The van der Waals surface area contributed by atoms with Crippen molar-refractivity contribution in [3.05, 3.63) is 77.2 Å². The minimum Gasteiger partial charge on any atom is -0.394 e. The summed E-state index contributed by atoms with van der Waals surface area (Å²) in [6, 6.07) is 12.9. The number of piperazine rings is 1. The summed E-state index contributed by atoms with van der Waals surface area (Å²) < 4.78 is 0. The Kier molecular flexibility index (Phi) is 7.92. The lowest BCUT2D eigenvalue weighted by Crippen LogP contribution is -2.43. The minimum atomic E-state index is -0.337. The summed E-state index contributed by atoms with van der Waals surface area (Å²) in [4.78, 5) is 38.4. The van der Waals surface area contributed by atoms with Crippen LogP contribution in [0.2, 0.25) is 0 Å². The predicted molar refractivity (Wildman–Crippen MR) is 141 cm³/mol. The van der Waals surface area contributed by atoms with E-state index in [1.165, 1.54) is 0 Å². The molecule has 188 valence electrons. The van der Waals surface area contributed by atoms with E-state index >= 15 is 0 Å². The number of nitrogens with one attached hydrogen (secondary N) is 2. The molecule has 0 radical (unpaired) electrons. The van der Waals surface area contributed by atoms with E-state index in [4.69, 9.17) is 5.11 Å². The fraction of sp³-hybridized carbons (Fsp3) is 0.333. The first-order valence-corrected chi connectivity index (χ1v) is 12.1. The van der Waals surface area contributed by atoms with E-state index in [2.05, 4.69) is 25.5 Å². The van der Waals surface area contributed by atoms with Gasteiger partial charge < -0.3 is 20.6 Å². The van der Waals surface area contributed by atoms with Crippen molar-refractivity contribution in [1.29, 1.82) is 0 Å². The summed E-state index contributed by atoms with van der Waals surface area (Å²) in [5, 5.41) is 14.3. The van der Waals surface area contributed by atoms with E-state index in [-0.39, 0.29) is 23.6 Å². The molecule has 0 saturated carbocycles. The van der Waals surface area contributed by atoms with Crippen LogP contribution in [0.5, 0.6) is 0 Å². The molecule has 3 N–H and O–H groups in total. The zero-order valence-electron chi connectivity index (χ0n) is 20.9. The number of aryl methyl sites for hydroxylation is 1. The first kappa shape index (κ1) is 25.3. The minimum absolute atomic E-state index is 0.0954. The number of anilines is 3. The summed E-state index contributed by atoms with van der Waals surface area (Å²) in [5.41, 5.74) is 4.53. The summed E-state index contributed by atoms with van der Waals surface area (Å²) in [6.45, 7) is 9.36. The highest BCUT2D eigenvalue weighted by Crippen LogP contribution is 2.29. The Morgan fingerprint density at radius 3 is 2.64 bits per heavy atom. The molecule has 9 nitrogen and oxygen atoms in total. The second kappa shape index (κ2) is 11.3. The monoisotopic (exact) mass is 488 g/mol. The fourth-order valence-corrected chi connectivity index (χ4v) is 4.15. The lowest BCUT2D eigenvalue weighted by Gasteiger charge is -2.30. The second-order valence-electron chi connectivity index (χ2n) is 9.11. The standard InChI is InChI=1S/C24H24N6O2.C3H8O/c1-16-5-6-17-15-30(24(32)18(17)13-16)22-4-2-3-19(27-22)23(31)28-20-14-26-8-7-21(20)29-11-9-25-10-12-29;1-3(2)4/h2-8,13-14,25H,9-12,15H2,1H3,(H,28,31);3-4H,1-2H3. The number of aliphatic hydroxyl groups excluding tert-OH is 1. The van der Waals surface area contributed by atoms with Crippen molar-refractivity contribution in [2.45, 2.75) is 33.4 Å². The van der Waals surface area contributed by atoms with Gasteiger partial charge in [0.15, 0.2) is 0 Å². The Labute approximate surface area is 211 Å². The van der Waals surface area contributed by atoms with Crippen molar-refractivity contribution in [2.75, 3.05) is 41.3 Å². The van der Waals surface area contributed by atoms with E-state index in [9.17, 15) is 9.59 Å². The third kappa shape index (κ3) is 5.87. The van der Waals surface area contributed by atoms with E-state index in [0.29, 0.717) is 23.6 Å². The Morgan fingerprint density at radius 1 is 1.14 bits per heavy atom. The van der Waals surface area contributed by atoms with Gasteiger partial charge in [0.1, 0.15) is 11.5 Å². The van der Waals surface area contributed by atoms with E-state index in [1.807, 2.05) is 31.2 Å². The first-order chi connectivity index (χ1) is 17.3. The van der Waals surface area contributed by atoms with Crippen molar-refractivity contribution in [3.63, 3.8) is 0 Å². The topological polar surface area (TPSA) is 111 Å². The van der Waals surface area contributed by atoms with E-state index < -0.39 is 0 Å². The van der Waals surface area contributed by atoms with Gasteiger partial charge in [-0.3, -0.25) is 19.5 Å². The molecule has 0 aliphatic carbocycles. The molecule has 0 unspecified atom stereocenters. The van der Waals surface area contributed by atoms with Gasteiger partial charge in [-0.15, -0.1) is 0 Å². The molecule has 2 aromatic heterocycles. The average Bonchev–Trinajstić information content (AvgIpc) is 3.20. The molecule has 1 fully saturated rings. The van der Waals surface area contributed by atoms with Gasteiger partial charge in [0.05, 0.1) is 24.1 Å². The van der Waals surface area contributed by atoms with Gasteiger partial charge in [0, 0.05) is 44.0 Å². The van der Waals surface area contributed by atoms with Gasteiger partial charge in [0.25, 0.3) is 11.8 Å². The molecular weight excluding hydrogens is 456 g/mol. The Balaban J connectivity index is 0.000000709. The summed E-state index contributed by atoms with van der Waals surface area (Å²) in [7, 11) is 0. The van der Waals surface area contributed by atoms with Crippen LogP contribution >= 0.6 is 0 Å². The Bertz CT molecular complexity index is 1240. The molecule has 5 rings (SSSR count). The highest BCUT2D eigenvalue weighted by atomic mass is 16.3. The molecule has 0 bridgehead atoms. The summed E-state index contributed by atoms with van der Waals surface area (Å²) in [6.07, 6.45) is 3.21. The van der Waals surface area contributed by atoms with Gasteiger partial charge >= 0.3 is 0 Å². The largest absolute Gasteiger partial charge is 0.394 e. The van der Waals surface area contributed by atoms with Crippen LogP contribution < -0.4 is 20.4 Å². The van der Waals surface area contributed by atoms with Crippen LogP contribution in [0.3, 0.4) is 0 Å². The molecule has 2 amide bonds. The average molecular weight is 489 g/mol. The first-order valence-electron chi connectivity index (χ1n) is 12.1. The maximum atomic E-state index is 13.0. The summed E-state index contributed by atoms with van der Waals surface area (Å²) >= 11 is 0. The number of rotatable bonds is 4. The Hall–Kier alpha value is -3.82. The number of carbonyl (C=O) groups is 2. The number of carbonyl (C=O) groups excluding carboxylic acids is 2. The van der Waals surface area contributed by atoms with Gasteiger partial charge in [-0.25, -0.2) is 4.98 Å². The van der Waals surface area contributed by atoms with Crippen LogP contribution in [0.25, 0.3) is 0 Å². The SMILES string of the molecule is CC(C)O.Cc1ccc2c(c1)C(=O)N(c1cccc(C(=O)Nc3cnccc3N3CCNCC3)n1)C2. The molecule has 2 aliphatic heterocycles. The van der Waals surface area contributed by atoms with Gasteiger partial charge in [0.2, 0.25) is 0 Å². The lowest BCUT2D eigenvalue weighted by molar-refractivity contribution is 0.0990. The third-order valence-corrected chi connectivity index (χ3v) is 5.82. The van der Waals surface area contributed by atoms with Crippen LogP contribution in [-0.4, -0.2) is 59.2 Å². The van der Waals surface area contributed by atoms with Gasteiger partial charge in [-0.1, -0.05) is 23.8 Å². The zero-order chi connectivity index (χ0) is 25.7. The molecule has 36 heavy (non-hydrogen) atoms. The number of nitrogens with zero attached hydrogens (tertiary/aromatic N) is 4. The molecule has 1 saturated heterocycles. The van der Waals surface area contributed by atoms with Crippen molar-refractivity contribution < 1.29 is 14.7 Å². The van der Waals surface area contributed by atoms with Crippen LogP contribution in [0.1, 0.15) is 45.8 Å². The number of hydrogen-bond acceptors (Lipinski definition) is 7. The number of pyridine rings is 2. The highest BCUT2D eigenvalue weighted by molar-refractivity contribution is 6.10. The highest BCUT2D eigenvalue weighted by Gasteiger charge is 2.29. The molecule has 0 atom stereocenters. The zero-order valence-corrected chi connectivity index (χ0v) is 20.9. The smallest absolute Gasteiger partial charge is 0.274 e. The maximum absolute atomic E-state index is 13.0. The second-order valence-corrected chi connectivity index (χ2v) is 9.11. The molecule has 1 aromatic carbocycles. The number of fused-ring (bicyclic) bond motifs is 1. The molecule has 4 heterocycles. The number of hydrogen-bond donors (Lipinski definition) is 3. The Morgan fingerprint density at radius 2 is 1.89 bits per heavy atom. The predicted octanol–water partition coefficient (Wildman–Crippen LogP) is 2.99. The molecular formula is C27H32N6O3. The van der Waals surface area contributed by atoms with Gasteiger partial charge in [-0.05, 0) is 50.6 Å². The molecule has 0 spiro atoms. The lowest BCUT2D eigenvalue weighted by atomic mass is 10.1. The maximum Gasteiger partial charge on any atom is 0.274 e. The van der Waals surface area contributed by atoms with E-state index in [0.717, 1.165) is 43.0 Å². The normalized spacial score (nSPS) is 14.9. The fourth-order valence-electron chi connectivity index (χ4n) is 4.15. The number of aliphatic hydroxyl groups is 1.